The van der Waals surface area contributed by atoms with Gasteiger partial charge >= 0.3 is 12.3 Å². The molecule has 0 bridgehead atoms. The molecule has 0 aliphatic rings. The number of ether oxygens (including phenoxy) is 1. The summed E-state index contributed by atoms with van der Waals surface area (Å²) >= 11 is 0. The molecule has 1 N–H and O–H groups in total. The molecule has 2 rings (SSSR count). The number of alkyl halides is 3. The first-order valence-corrected chi connectivity index (χ1v) is 6.08. The molecule has 1 amide bonds. The molecule has 0 unspecified atom stereocenters. The van der Waals surface area contributed by atoms with Crippen LogP contribution in [0.4, 0.5) is 18.0 Å². The van der Waals surface area contributed by atoms with Crippen LogP contribution >= 0.6 is 0 Å². The molecule has 6 heteroatoms. The zero-order valence-electron chi connectivity index (χ0n) is 11.1. The van der Waals surface area contributed by atoms with E-state index >= 15 is 0 Å². The Labute approximate surface area is 119 Å². The molecule has 0 aromatic heterocycles. The summed E-state index contributed by atoms with van der Waals surface area (Å²) in [5.41, 5.74) is -0.228. The van der Waals surface area contributed by atoms with Crippen molar-refractivity contribution >= 4 is 6.09 Å². The summed E-state index contributed by atoms with van der Waals surface area (Å²) < 4.78 is 43.7. The predicted octanol–water partition coefficient (Wildman–Crippen LogP) is 4.09. The third-order valence-corrected chi connectivity index (χ3v) is 2.81. The van der Waals surface area contributed by atoms with Gasteiger partial charge in [0, 0.05) is 7.05 Å². The predicted molar refractivity (Wildman–Crippen MR) is 72.0 cm³/mol. The van der Waals surface area contributed by atoms with Gasteiger partial charge in [0.1, 0.15) is 5.75 Å². The van der Waals surface area contributed by atoms with Crippen LogP contribution in [0.25, 0.3) is 11.1 Å². The number of amides is 1. The zero-order valence-corrected chi connectivity index (χ0v) is 11.1. The normalized spacial score (nSPS) is 11.0. The van der Waals surface area contributed by atoms with Crippen molar-refractivity contribution in [2.45, 2.75) is 6.18 Å². The van der Waals surface area contributed by atoms with Crippen molar-refractivity contribution in [2.75, 3.05) is 7.05 Å². The fourth-order valence-electron chi connectivity index (χ4n) is 1.84. The van der Waals surface area contributed by atoms with E-state index in [4.69, 9.17) is 4.74 Å². The van der Waals surface area contributed by atoms with E-state index in [2.05, 4.69) is 5.32 Å². The summed E-state index contributed by atoms with van der Waals surface area (Å²) in [6.45, 7) is 0. The molecule has 0 spiro atoms. The van der Waals surface area contributed by atoms with E-state index in [9.17, 15) is 18.0 Å². The van der Waals surface area contributed by atoms with Gasteiger partial charge in [-0.1, -0.05) is 30.3 Å². The lowest BCUT2D eigenvalue weighted by molar-refractivity contribution is -0.137. The summed E-state index contributed by atoms with van der Waals surface area (Å²) in [5, 5.41) is 2.28. The second-order valence-electron chi connectivity index (χ2n) is 4.21. The highest BCUT2D eigenvalue weighted by molar-refractivity contribution is 5.72. The summed E-state index contributed by atoms with van der Waals surface area (Å²) in [5.74, 6) is 0.252. The van der Waals surface area contributed by atoms with Gasteiger partial charge in [-0.2, -0.15) is 13.2 Å². The van der Waals surface area contributed by atoms with E-state index in [0.29, 0.717) is 5.56 Å². The van der Waals surface area contributed by atoms with E-state index in [1.807, 2.05) is 0 Å². The number of carbonyl (C=O) groups excluding carboxylic acids is 1. The molecule has 0 fully saturated rings. The van der Waals surface area contributed by atoms with Crippen LogP contribution in [0.2, 0.25) is 0 Å². The first-order valence-electron chi connectivity index (χ1n) is 6.08. The van der Waals surface area contributed by atoms with Gasteiger partial charge in [-0.15, -0.1) is 0 Å². The molecule has 0 heterocycles. The molecular weight excluding hydrogens is 283 g/mol. The van der Waals surface area contributed by atoms with Gasteiger partial charge in [0.15, 0.2) is 0 Å². The molecular formula is C15H12F3NO2. The Morgan fingerprint density at radius 1 is 1.05 bits per heavy atom. The van der Waals surface area contributed by atoms with Crippen molar-refractivity contribution in [1.82, 2.24) is 5.32 Å². The number of benzene rings is 2. The van der Waals surface area contributed by atoms with E-state index in [1.54, 1.807) is 6.07 Å². The molecule has 0 aliphatic heterocycles. The fourth-order valence-corrected chi connectivity index (χ4v) is 1.84. The molecule has 3 nitrogen and oxygen atoms in total. The van der Waals surface area contributed by atoms with Crippen LogP contribution in [-0.4, -0.2) is 13.1 Å². The quantitative estimate of drug-likeness (QED) is 0.906. The standard InChI is InChI=1S/C15H12F3NO2/c1-19-14(20)21-11-8-6-10(7-9-11)12-4-2-3-5-13(12)15(16,17)18/h2-9H,1H3,(H,19,20). The monoisotopic (exact) mass is 295 g/mol. The molecule has 21 heavy (non-hydrogen) atoms. The Hall–Kier alpha value is -2.50. The minimum absolute atomic E-state index is 0.0801. The van der Waals surface area contributed by atoms with Crippen molar-refractivity contribution in [3.05, 3.63) is 54.1 Å². The highest BCUT2D eigenvalue weighted by Gasteiger charge is 2.33. The van der Waals surface area contributed by atoms with Crippen LogP contribution in [0.1, 0.15) is 5.56 Å². The minimum Gasteiger partial charge on any atom is -0.410 e. The van der Waals surface area contributed by atoms with Crippen LogP contribution in [0.3, 0.4) is 0 Å². The van der Waals surface area contributed by atoms with Crippen LogP contribution in [-0.2, 0) is 6.18 Å². The van der Waals surface area contributed by atoms with Crippen molar-refractivity contribution in [2.24, 2.45) is 0 Å². The van der Waals surface area contributed by atoms with Crippen LogP contribution in [0.15, 0.2) is 48.5 Å². The van der Waals surface area contributed by atoms with Gasteiger partial charge in [0.05, 0.1) is 5.56 Å². The first-order chi connectivity index (χ1) is 9.91. The summed E-state index contributed by atoms with van der Waals surface area (Å²) in [6, 6.07) is 11.2. The second-order valence-corrected chi connectivity index (χ2v) is 4.21. The number of hydrogen-bond acceptors (Lipinski definition) is 2. The van der Waals surface area contributed by atoms with Gasteiger partial charge in [-0.05, 0) is 29.3 Å². The number of carbonyl (C=O) groups is 1. The largest absolute Gasteiger partial charge is 0.417 e. The van der Waals surface area contributed by atoms with Crippen LogP contribution in [0, 0.1) is 0 Å². The molecule has 0 saturated carbocycles. The molecule has 110 valence electrons. The van der Waals surface area contributed by atoms with Crippen molar-refractivity contribution < 1.29 is 22.7 Å². The number of hydrogen-bond donors (Lipinski definition) is 1. The summed E-state index contributed by atoms with van der Waals surface area (Å²) in [6.07, 6.45) is -5.06. The van der Waals surface area contributed by atoms with Crippen LogP contribution in [0.5, 0.6) is 5.75 Å². The lowest BCUT2D eigenvalue weighted by Gasteiger charge is -2.13. The number of halogens is 3. The lowest BCUT2D eigenvalue weighted by atomic mass is 9.99. The van der Waals surface area contributed by atoms with E-state index in [1.165, 1.54) is 43.4 Å². The second kappa shape index (κ2) is 5.87. The van der Waals surface area contributed by atoms with Gasteiger partial charge in [0.2, 0.25) is 0 Å². The Balaban J connectivity index is 2.34. The van der Waals surface area contributed by atoms with Crippen LogP contribution < -0.4 is 10.1 Å². The molecule has 2 aromatic rings. The maximum atomic E-state index is 13.0. The molecule has 0 atom stereocenters. The topological polar surface area (TPSA) is 38.3 Å². The zero-order chi connectivity index (χ0) is 15.5. The van der Waals surface area contributed by atoms with Crippen molar-refractivity contribution in [3.63, 3.8) is 0 Å². The maximum absolute atomic E-state index is 13.0. The Morgan fingerprint density at radius 2 is 1.67 bits per heavy atom. The van der Waals surface area contributed by atoms with Gasteiger partial charge in [0.25, 0.3) is 0 Å². The van der Waals surface area contributed by atoms with Gasteiger partial charge in [-0.25, -0.2) is 4.79 Å². The third-order valence-electron chi connectivity index (χ3n) is 2.81. The molecule has 0 saturated heterocycles. The molecule has 2 aromatic carbocycles. The molecule has 0 aliphatic carbocycles. The Kier molecular flexibility index (Phi) is 4.16. The SMILES string of the molecule is CNC(=O)Oc1ccc(-c2ccccc2C(F)(F)F)cc1. The lowest BCUT2D eigenvalue weighted by Crippen LogP contribution is -2.21. The number of nitrogens with one attached hydrogen (secondary N) is 1. The van der Waals surface area contributed by atoms with Gasteiger partial charge in [-0.3, -0.25) is 0 Å². The first kappa shape index (κ1) is 14.9. The van der Waals surface area contributed by atoms with Gasteiger partial charge < -0.3 is 10.1 Å². The third kappa shape index (κ3) is 3.53. The minimum atomic E-state index is -4.42. The highest BCUT2D eigenvalue weighted by atomic mass is 19.4. The summed E-state index contributed by atoms with van der Waals surface area (Å²) in [7, 11) is 1.41. The fraction of sp³-hybridized carbons (Fsp3) is 0.133. The Bertz CT molecular complexity index is 636. The van der Waals surface area contributed by atoms with E-state index in [-0.39, 0.29) is 11.3 Å². The summed E-state index contributed by atoms with van der Waals surface area (Å²) in [4.78, 5) is 11.0. The van der Waals surface area contributed by atoms with E-state index < -0.39 is 17.8 Å². The maximum Gasteiger partial charge on any atom is 0.417 e. The average Bonchev–Trinajstić information content (AvgIpc) is 2.47. The average molecular weight is 295 g/mol. The Morgan fingerprint density at radius 3 is 2.24 bits per heavy atom. The highest BCUT2D eigenvalue weighted by Crippen LogP contribution is 2.37. The van der Waals surface area contributed by atoms with Crippen molar-refractivity contribution in [3.8, 4) is 16.9 Å². The number of rotatable bonds is 2. The van der Waals surface area contributed by atoms with E-state index in [0.717, 1.165) is 6.07 Å². The molecule has 0 radical (unpaired) electrons. The smallest absolute Gasteiger partial charge is 0.410 e. The van der Waals surface area contributed by atoms with Crippen molar-refractivity contribution in [1.29, 1.82) is 0 Å².